The highest BCUT2D eigenvalue weighted by Gasteiger charge is 2.16. The first-order valence-corrected chi connectivity index (χ1v) is 11.0. The number of nitrogens with one attached hydrogen (secondary N) is 1. The summed E-state index contributed by atoms with van der Waals surface area (Å²) in [5, 5.41) is 12.0. The van der Waals surface area contributed by atoms with E-state index < -0.39 is 11.9 Å². The van der Waals surface area contributed by atoms with E-state index in [9.17, 15) is 14.7 Å². The van der Waals surface area contributed by atoms with Gasteiger partial charge in [0.1, 0.15) is 12.3 Å². The van der Waals surface area contributed by atoms with Gasteiger partial charge >= 0.3 is 5.97 Å². The number of methoxy groups -OCH3 is 1. The first-order chi connectivity index (χ1) is 15.4. The second kappa shape index (κ2) is 11.0. The molecule has 3 aromatic rings. The van der Waals surface area contributed by atoms with Crippen LogP contribution in [0.3, 0.4) is 0 Å². The fourth-order valence-corrected chi connectivity index (χ4v) is 3.80. The predicted octanol–water partition coefficient (Wildman–Crippen LogP) is 5.65. The monoisotopic (exact) mass is 559 g/mol. The largest absolute Gasteiger partial charge is 0.493 e. The van der Waals surface area contributed by atoms with Crippen LogP contribution in [-0.2, 0) is 11.4 Å². The number of hydrogen-bond donors (Lipinski definition) is 2. The van der Waals surface area contributed by atoms with Crippen molar-refractivity contribution >= 4 is 49.8 Å². The summed E-state index contributed by atoms with van der Waals surface area (Å²) < 4.78 is 12.9. The van der Waals surface area contributed by atoms with Gasteiger partial charge in [0.2, 0.25) is 0 Å². The standard InChI is InChI=1S/C24H19Br2NO5/c1-31-21-13-15(11-19(26)22(21)32-14-17-9-5-6-10-18(17)25)12-20(24(29)30)27-23(28)16-7-3-2-4-8-16/h2-13H,14H2,1H3,(H,27,28)(H,29,30). The molecular formula is C24H19Br2NO5. The maximum Gasteiger partial charge on any atom is 0.352 e. The normalized spacial score (nSPS) is 11.0. The van der Waals surface area contributed by atoms with Crippen LogP contribution < -0.4 is 14.8 Å². The van der Waals surface area contributed by atoms with E-state index in [0.29, 0.717) is 33.7 Å². The average Bonchev–Trinajstić information content (AvgIpc) is 2.79. The number of carboxylic acids is 1. The second-order valence-corrected chi connectivity index (χ2v) is 8.31. The van der Waals surface area contributed by atoms with Gasteiger partial charge in [0.05, 0.1) is 11.6 Å². The Bertz CT molecular complexity index is 1160. The summed E-state index contributed by atoms with van der Waals surface area (Å²) in [5.74, 6) is -0.889. The molecule has 0 aliphatic heterocycles. The number of ether oxygens (including phenoxy) is 2. The molecule has 0 aliphatic carbocycles. The summed E-state index contributed by atoms with van der Waals surface area (Å²) in [6, 6.07) is 19.4. The summed E-state index contributed by atoms with van der Waals surface area (Å²) in [6.45, 7) is 0.305. The van der Waals surface area contributed by atoms with Crippen molar-refractivity contribution in [1.29, 1.82) is 0 Å². The van der Waals surface area contributed by atoms with E-state index in [2.05, 4.69) is 37.2 Å². The minimum Gasteiger partial charge on any atom is -0.493 e. The topological polar surface area (TPSA) is 84.9 Å². The van der Waals surface area contributed by atoms with Crippen LogP contribution in [0.1, 0.15) is 21.5 Å². The number of benzene rings is 3. The fourth-order valence-electron chi connectivity index (χ4n) is 2.83. The molecule has 3 aromatic carbocycles. The molecular weight excluding hydrogens is 542 g/mol. The number of carboxylic acid groups (broad SMARTS) is 1. The molecule has 0 aliphatic rings. The van der Waals surface area contributed by atoms with E-state index in [1.165, 1.54) is 13.2 Å². The lowest BCUT2D eigenvalue weighted by Gasteiger charge is -2.14. The van der Waals surface area contributed by atoms with Crippen molar-refractivity contribution in [3.63, 3.8) is 0 Å². The zero-order chi connectivity index (χ0) is 23.1. The minimum atomic E-state index is -1.27. The Hall–Kier alpha value is -3.10. The molecule has 0 unspecified atom stereocenters. The first-order valence-electron chi connectivity index (χ1n) is 9.44. The smallest absolute Gasteiger partial charge is 0.352 e. The zero-order valence-electron chi connectivity index (χ0n) is 17.0. The summed E-state index contributed by atoms with van der Waals surface area (Å²) in [7, 11) is 1.50. The molecule has 6 nitrogen and oxygen atoms in total. The molecule has 3 rings (SSSR count). The van der Waals surface area contributed by atoms with Gasteiger partial charge in [-0.25, -0.2) is 4.79 Å². The van der Waals surface area contributed by atoms with E-state index >= 15 is 0 Å². The van der Waals surface area contributed by atoms with Gasteiger partial charge in [-0.3, -0.25) is 4.79 Å². The number of amides is 1. The van der Waals surface area contributed by atoms with Gasteiger partial charge in [-0.2, -0.15) is 0 Å². The molecule has 164 valence electrons. The molecule has 0 heterocycles. The van der Waals surface area contributed by atoms with E-state index in [-0.39, 0.29) is 5.70 Å². The number of halogens is 2. The van der Waals surface area contributed by atoms with Gasteiger partial charge in [0, 0.05) is 15.6 Å². The van der Waals surface area contributed by atoms with Gasteiger partial charge in [0.25, 0.3) is 5.91 Å². The maximum absolute atomic E-state index is 12.4. The molecule has 0 bridgehead atoms. The number of rotatable bonds is 8. The van der Waals surface area contributed by atoms with E-state index in [4.69, 9.17) is 9.47 Å². The third-order valence-corrected chi connectivity index (χ3v) is 5.77. The molecule has 8 heteroatoms. The highest BCUT2D eigenvalue weighted by Crippen LogP contribution is 2.38. The summed E-state index contributed by atoms with van der Waals surface area (Å²) >= 11 is 6.96. The van der Waals surface area contributed by atoms with Crippen LogP contribution in [0.5, 0.6) is 11.5 Å². The Kier molecular flexibility index (Phi) is 8.08. The number of carbonyl (C=O) groups is 2. The van der Waals surface area contributed by atoms with Crippen LogP contribution in [0.25, 0.3) is 6.08 Å². The molecule has 0 spiro atoms. The molecule has 2 N–H and O–H groups in total. The highest BCUT2D eigenvalue weighted by molar-refractivity contribution is 9.10. The SMILES string of the molecule is COc1cc(C=C(NC(=O)c2ccccc2)C(=O)O)cc(Br)c1OCc1ccccc1Br. The quantitative estimate of drug-likeness (QED) is 0.347. The molecule has 0 atom stereocenters. The Morgan fingerprint density at radius 2 is 1.69 bits per heavy atom. The summed E-state index contributed by atoms with van der Waals surface area (Å²) in [6.07, 6.45) is 1.36. The van der Waals surface area contributed by atoms with Crippen LogP contribution in [-0.4, -0.2) is 24.1 Å². The minimum absolute atomic E-state index is 0.269. The van der Waals surface area contributed by atoms with Crippen molar-refractivity contribution in [3.8, 4) is 11.5 Å². The molecule has 0 saturated heterocycles. The Morgan fingerprint density at radius 1 is 1.00 bits per heavy atom. The van der Waals surface area contributed by atoms with Crippen molar-refractivity contribution in [2.24, 2.45) is 0 Å². The zero-order valence-corrected chi connectivity index (χ0v) is 20.1. The Morgan fingerprint density at radius 3 is 2.34 bits per heavy atom. The highest BCUT2D eigenvalue weighted by atomic mass is 79.9. The number of hydrogen-bond acceptors (Lipinski definition) is 4. The van der Waals surface area contributed by atoms with Crippen LogP contribution in [0.2, 0.25) is 0 Å². The van der Waals surface area contributed by atoms with Gasteiger partial charge in [0.15, 0.2) is 11.5 Å². The molecule has 0 saturated carbocycles. The second-order valence-electron chi connectivity index (χ2n) is 6.60. The van der Waals surface area contributed by atoms with Crippen molar-refractivity contribution in [2.75, 3.05) is 7.11 Å². The van der Waals surface area contributed by atoms with Crippen LogP contribution >= 0.6 is 31.9 Å². The van der Waals surface area contributed by atoms with Crippen LogP contribution in [0, 0.1) is 0 Å². The van der Waals surface area contributed by atoms with Crippen LogP contribution in [0.4, 0.5) is 0 Å². The van der Waals surface area contributed by atoms with Crippen molar-refractivity contribution < 1.29 is 24.2 Å². The van der Waals surface area contributed by atoms with Crippen molar-refractivity contribution in [1.82, 2.24) is 5.32 Å². The summed E-state index contributed by atoms with van der Waals surface area (Å²) in [4.78, 5) is 24.1. The van der Waals surface area contributed by atoms with E-state index in [1.54, 1.807) is 42.5 Å². The Balaban J connectivity index is 1.85. The molecule has 1 amide bonds. The first kappa shape index (κ1) is 23.6. The fraction of sp³-hybridized carbons (Fsp3) is 0.0833. The lowest BCUT2D eigenvalue weighted by Crippen LogP contribution is -2.27. The third-order valence-electron chi connectivity index (χ3n) is 4.41. The lowest BCUT2D eigenvalue weighted by atomic mass is 10.1. The molecule has 32 heavy (non-hydrogen) atoms. The lowest BCUT2D eigenvalue weighted by molar-refractivity contribution is -0.132. The molecule has 0 fully saturated rings. The average molecular weight is 561 g/mol. The van der Waals surface area contributed by atoms with Crippen LogP contribution in [0.15, 0.2) is 81.4 Å². The van der Waals surface area contributed by atoms with Crippen molar-refractivity contribution in [2.45, 2.75) is 6.61 Å². The molecule has 0 aromatic heterocycles. The predicted molar refractivity (Wildman–Crippen MR) is 129 cm³/mol. The van der Waals surface area contributed by atoms with Gasteiger partial charge in [-0.15, -0.1) is 0 Å². The third kappa shape index (κ3) is 5.99. The molecule has 0 radical (unpaired) electrons. The Labute approximate surface area is 202 Å². The van der Waals surface area contributed by atoms with E-state index in [0.717, 1.165) is 10.0 Å². The summed E-state index contributed by atoms with van der Waals surface area (Å²) in [5.41, 5.74) is 1.55. The van der Waals surface area contributed by atoms with Gasteiger partial charge in [-0.1, -0.05) is 52.3 Å². The maximum atomic E-state index is 12.4. The van der Waals surface area contributed by atoms with Gasteiger partial charge in [-0.05, 0) is 57.9 Å². The number of carbonyl (C=O) groups excluding carboxylic acids is 1. The van der Waals surface area contributed by atoms with Crippen molar-refractivity contribution in [3.05, 3.63) is 98.1 Å². The number of aliphatic carboxylic acids is 1. The van der Waals surface area contributed by atoms with Gasteiger partial charge < -0.3 is 19.9 Å². The van der Waals surface area contributed by atoms with E-state index in [1.807, 2.05) is 24.3 Å².